The fourth-order valence-electron chi connectivity index (χ4n) is 2.20. The van der Waals surface area contributed by atoms with Crippen LogP contribution in [0.25, 0.3) is 0 Å². The molecule has 1 aromatic rings. The Morgan fingerprint density at radius 2 is 1.90 bits per heavy atom. The van der Waals surface area contributed by atoms with Gasteiger partial charge < -0.3 is 5.32 Å². The summed E-state index contributed by atoms with van der Waals surface area (Å²) in [6, 6.07) is 3.64. The van der Waals surface area contributed by atoms with Gasteiger partial charge in [-0.1, -0.05) is 13.0 Å². The first-order valence-electron chi connectivity index (χ1n) is 7.16. The first-order chi connectivity index (χ1) is 9.81. The van der Waals surface area contributed by atoms with E-state index in [2.05, 4.69) is 17.0 Å². The molecule has 0 aliphatic carbocycles. The molecule has 0 saturated carbocycles. The lowest BCUT2D eigenvalue weighted by Gasteiger charge is -2.17. The van der Waals surface area contributed by atoms with Gasteiger partial charge in [-0.25, -0.2) is 13.1 Å². The summed E-state index contributed by atoms with van der Waals surface area (Å²) in [7, 11) is -1.61. The van der Waals surface area contributed by atoms with E-state index < -0.39 is 10.0 Å². The third-order valence-electron chi connectivity index (χ3n) is 3.22. The van der Waals surface area contributed by atoms with Crippen molar-refractivity contribution in [2.45, 2.75) is 45.2 Å². The van der Waals surface area contributed by atoms with Gasteiger partial charge in [-0.05, 0) is 56.3 Å². The second-order valence-electron chi connectivity index (χ2n) is 5.26. The molecule has 21 heavy (non-hydrogen) atoms. The maximum absolute atomic E-state index is 12.6. The van der Waals surface area contributed by atoms with Gasteiger partial charge in [0, 0.05) is 18.3 Å². The minimum Gasteiger partial charge on any atom is -0.316 e. The van der Waals surface area contributed by atoms with Gasteiger partial charge in [-0.3, -0.25) is 0 Å². The smallest absolute Gasteiger partial charge is 0.241 e. The molecule has 0 aromatic heterocycles. The second kappa shape index (κ2) is 8.17. The number of sulfonamides is 1. The molecule has 4 nitrogen and oxygen atoms in total. The van der Waals surface area contributed by atoms with Crippen molar-refractivity contribution in [2.75, 3.05) is 18.6 Å². The van der Waals surface area contributed by atoms with Crippen molar-refractivity contribution in [1.29, 1.82) is 0 Å². The maximum Gasteiger partial charge on any atom is 0.241 e. The highest BCUT2D eigenvalue weighted by Crippen LogP contribution is 2.21. The zero-order valence-corrected chi connectivity index (χ0v) is 15.1. The summed E-state index contributed by atoms with van der Waals surface area (Å²) >= 11 is 1.73. The Morgan fingerprint density at radius 3 is 2.48 bits per heavy atom. The zero-order valence-electron chi connectivity index (χ0n) is 13.5. The molecular formula is C15H26N2O2S2. The van der Waals surface area contributed by atoms with Crippen molar-refractivity contribution in [3.63, 3.8) is 0 Å². The minimum atomic E-state index is -3.47. The largest absolute Gasteiger partial charge is 0.316 e. The number of thioether (sulfide) groups is 1. The lowest BCUT2D eigenvalue weighted by atomic mass is 10.1. The van der Waals surface area contributed by atoms with Crippen molar-refractivity contribution in [3.8, 4) is 0 Å². The number of hydrogen-bond donors (Lipinski definition) is 2. The van der Waals surface area contributed by atoms with Gasteiger partial charge in [0.25, 0.3) is 0 Å². The van der Waals surface area contributed by atoms with E-state index in [0.717, 1.165) is 28.2 Å². The number of aryl methyl sites for hydroxylation is 2. The highest BCUT2D eigenvalue weighted by molar-refractivity contribution is 7.99. The van der Waals surface area contributed by atoms with Crippen LogP contribution in [0.4, 0.5) is 0 Å². The van der Waals surface area contributed by atoms with Gasteiger partial charge >= 0.3 is 0 Å². The van der Waals surface area contributed by atoms with E-state index in [1.165, 1.54) is 0 Å². The van der Waals surface area contributed by atoms with Gasteiger partial charge in [-0.15, -0.1) is 0 Å². The van der Waals surface area contributed by atoms with Crippen LogP contribution in [0.5, 0.6) is 0 Å². The van der Waals surface area contributed by atoms with E-state index >= 15 is 0 Å². The Labute approximate surface area is 133 Å². The molecular weight excluding hydrogens is 304 g/mol. The van der Waals surface area contributed by atoms with Gasteiger partial charge in [0.2, 0.25) is 10.0 Å². The third kappa shape index (κ3) is 5.29. The molecule has 0 aliphatic heterocycles. The summed E-state index contributed by atoms with van der Waals surface area (Å²) in [5.41, 5.74) is 2.91. The average Bonchev–Trinajstić information content (AvgIpc) is 2.38. The lowest BCUT2D eigenvalue weighted by molar-refractivity contribution is 0.570. The van der Waals surface area contributed by atoms with E-state index in [-0.39, 0.29) is 6.04 Å². The van der Waals surface area contributed by atoms with Crippen LogP contribution in [0, 0.1) is 13.8 Å². The fraction of sp³-hybridized carbons (Fsp3) is 0.600. The molecule has 0 saturated heterocycles. The van der Waals surface area contributed by atoms with Crippen LogP contribution in [0.3, 0.4) is 0 Å². The molecule has 0 bridgehead atoms. The summed E-state index contributed by atoms with van der Waals surface area (Å²) in [6.07, 6.45) is 0. The van der Waals surface area contributed by atoms with Gasteiger partial charge in [0.15, 0.2) is 0 Å². The molecule has 1 atom stereocenters. The molecule has 1 unspecified atom stereocenters. The van der Waals surface area contributed by atoms with Crippen LogP contribution in [-0.4, -0.2) is 33.0 Å². The highest BCUT2D eigenvalue weighted by Gasteiger charge is 2.20. The molecule has 0 heterocycles. The van der Waals surface area contributed by atoms with Crippen LogP contribution < -0.4 is 10.0 Å². The molecule has 1 aromatic carbocycles. The number of nitrogens with one attached hydrogen (secondary N) is 2. The SMILES string of the molecule is CCSCC(C)NS(=O)(=O)c1cc(CNC)c(C)cc1C. The molecule has 2 N–H and O–H groups in total. The van der Waals surface area contributed by atoms with E-state index in [1.807, 2.05) is 33.9 Å². The molecule has 1 rings (SSSR count). The van der Waals surface area contributed by atoms with E-state index in [9.17, 15) is 8.42 Å². The Hall–Kier alpha value is -0.560. The molecule has 0 radical (unpaired) electrons. The number of benzene rings is 1. The topological polar surface area (TPSA) is 58.2 Å². The van der Waals surface area contributed by atoms with Gasteiger partial charge in [0.05, 0.1) is 4.90 Å². The Balaban J connectivity index is 3.04. The van der Waals surface area contributed by atoms with Gasteiger partial charge in [-0.2, -0.15) is 11.8 Å². The van der Waals surface area contributed by atoms with Crippen LogP contribution in [-0.2, 0) is 16.6 Å². The zero-order chi connectivity index (χ0) is 16.0. The van der Waals surface area contributed by atoms with Crippen molar-refractivity contribution >= 4 is 21.8 Å². The Bertz CT molecular complexity index is 571. The minimum absolute atomic E-state index is 0.0756. The summed E-state index contributed by atoms with van der Waals surface area (Å²) in [5, 5.41) is 3.07. The van der Waals surface area contributed by atoms with Crippen LogP contribution in [0.2, 0.25) is 0 Å². The van der Waals surface area contributed by atoms with Crippen LogP contribution >= 0.6 is 11.8 Å². The van der Waals surface area contributed by atoms with Crippen LogP contribution in [0.15, 0.2) is 17.0 Å². The van der Waals surface area contributed by atoms with Crippen LogP contribution in [0.1, 0.15) is 30.5 Å². The molecule has 0 amide bonds. The predicted molar refractivity (Wildman–Crippen MR) is 91.5 cm³/mol. The van der Waals surface area contributed by atoms with E-state index in [4.69, 9.17) is 0 Å². The highest BCUT2D eigenvalue weighted by atomic mass is 32.2. The fourth-order valence-corrected chi connectivity index (χ4v) is 4.50. The Morgan fingerprint density at radius 1 is 1.24 bits per heavy atom. The third-order valence-corrected chi connectivity index (χ3v) is 6.09. The van der Waals surface area contributed by atoms with Gasteiger partial charge in [0.1, 0.15) is 0 Å². The molecule has 6 heteroatoms. The first kappa shape index (κ1) is 18.5. The summed E-state index contributed by atoms with van der Waals surface area (Å²) in [6.45, 7) is 8.48. The van der Waals surface area contributed by atoms with Crippen molar-refractivity contribution in [2.24, 2.45) is 0 Å². The number of hydrogen-bond acceptors (Lipinski definition) is 4. The predicted octanol–water partition coefficient (Wildman–Crippen LogP) is 2.44. The lowest BCUT2D eigenvalue weighted by Crippen LogP contribution is -2.34. The quantitative estimate of drug-likeness (QED) is 0.769. The average molecular weight is 331 g/mol. The monoisotopic (exact) mass is 330 g/mol. The summed E-state index contributed by atoms with van der Waals surface area (Å²) in [4.78, 5) is 0.381. The maximum atomic E-state index is 12.6. The summed E-state index contributed by atoms with van der Waals surface area (Å²) < 4.78 is 27.9. The molecule has 0 aliphatic rings. The van der Waals surface area contributed by atoms with Crippen molar-refractivity contribution in [1.82, 2.24) is 10.0 Å². The van der Waals surface area contributed by atoms with Crippen molar-refractivity contribution in [3.05, 3.63) is 28.8 Å². The van der Waals surface area contributed by atoms with E-state index in [1.54, 1.807) is 17.8 Å². The number of rotatable bonds is 8. The standard InChI is InChI=1S/C15H26N2O2S2/c1-6-20-10-13(4)17-21(18,19)15-8-14(9-16-5)11(2)7-12(15)3/h7-8,13,16-17H,6,9-10H2,1-5H3. The van der Waals surface area contributed by atoms with E-state index in [0.29, 0.717) is 11.4 Å². The van der Waals surface area contributed by atoms with Crippen molar-refractivity contribution < 1.29 is 8.42 Å². The first-order valence-corrected chi connectivity index (χ1v) is 9.80. The summed E-state index contributed by atoms with van der Waals surface area (Å²) in [5.74, 6) is 1.77. The second-order valence-corrected chi connectivity index (χ2v) is 8.26. The normalized spacial score (nSPS) is 13.4. The molecule has 0 spiro atoms. The molecule has 0 fully saturated rings. The Kier molecular flexibility index (Phi) is 7.20. The molecule has 120 valence electrons.